The normalized spacial score (nSPS) is 13.1. The lowest BCUT2D eigenvalue weighted by Crippen LogP contribution is -2.10. The summed E-state index contributed by atoms with van der Waals surface area (Å²) in [7, 11) is 0. The molecule has 0 aliphatic rings. The predicted octanol–water partition coefficient (Wildman–Crippen LogP) is 2.16. The molecule has 1 nitrogen and oxygen atoms in total. The van der Waals surface area contributed by atoms with Crippen LogP contribution in [0.4, 0.5) is 17.6 Å². The monoisotopic (exact) mass is 225 g/mol. The van der Waals surface area contributed by atoms with Gasteiger partial charge in [0, 0.05) is 5.56 Å². The molecule has 0 fully saturated rings. The third kappa shape index (κ3) is 1.59. The van der Waals surface area contributed by atoms with Gasteiger partial charge in [0.25, 0.3) is 0 Å². The Labute approximate surface area is 80.9 Å². The maximum absolute atomic E-state index is 12.9. The van der Waals surface area contributed by atoms with Gasteiger partial charge in [-0.25, -0.2) is 8.78 Å². The highest BCUT2D eigenvalue weighted by Crippen LogP contribution is 2.26. The molecular weight excluding hydrogens is 220 g/mol. The molecule has 1 rings (SSSR count). The zero-order valence-corrected chi connectivity index (χ0v) is 7.85. The van der Waals surface area contributed by atoms with Crippen LogP contribution in [-0.2, 0) is 11.2 Å². The van der Waals surface area contributed by atoms with Crippen molar-refractivity contribution in [3.8, 4) is 0 Å². The fourth-order valence-electron chi connectivity index (χ4n) is 0.909. The number of hydrogen-bond acceptors (Lipinski definition) is 1. The Balaban J connectivity index is 3.60. The van der Waals surface area contributed by atoms with Crippen LogP contribution in [0, 0.1) is 30.2 Å². The standard InChI is InChI=1S/C8H5F4OS/c1-3-4(9)6(11)8(14(2)13)7(12)5(3)10/h1H2,2H3. The first-order valence-corrected chi connectivity index (χ1v) is 4.95. The molecule has 1 aromatic carbocycles. The van der Waals surface area contributed by atoms with Crippen molar-refractivity contribution in [2.45, 2.75) is 4.90 Å². The second-order valence-electron chi connectivity index (χ2n) is 2.52. The minimum Gasteiger partial charge on any atom is -0.611 e. The summed E-state index contributed by atoms with van der Waals surface area (Å²) in [5.74, 6) is -6.55. The predicted molar refractivity (Wildman–Crippen MR) is 43.1 cm³/mol. The highest BCUT2D eigenvalue weighted by Gasteiger charge is 2.29. The molecule has 1 atom stereocenters. The highest BCUT2D eigenvalue weighted by atomic mass is 32.2. The molecule has 0 aromatic heterocycles. The molecule has 0 N–H and O–H groups in total. The number of benzene rings is 1. The number of rotatable bonds is 1. The largest absolute Gasteiger partial charge is 0.611 e. The van der Waals surface area contributed by atoms with E-state index in [4.69, 9.17) is 0 Å². The fourth-order valence-corrected chi connectivity index (χ4v) is 1.59. The van der Waals surface area contributed by atoms with E-state index in [0.717, 1.165) is 6.26 Å². The maximum atomic E-state index is 12.9. The van der Waals surface area contributed by atoms with Crippen molar-refractivity contribution in [3.63, 3.8) is 0 Å². The van der Waals surface area contributed by atoms with Crippen LogP contribution in [0.2, 0.25) is 0 Å². The van der Waals surface area contributed by atoms with Gasteiger partial charge in [-0.05, 0) is 18.1 Å². The van der Waals surface area contributed by atoms with E-state index in [-0.39, 0.29) is 0 Å². The van der Waals surface area contributed by atoms with Crippen molar-refractivity contribution < 1.29 is 22.1 Å². The Morgan fingerprint density at radius 2 is 1.36 bits per heavy atom. The summed E-state index contributed by atoms with van der Waals surface area (Å²) >= 11 is -2.14. The van der Waals surface area contributed by atoms with Gasteiger partial charge in [0.05, 0.1) is 0 Å². The van der Waals surface area contributed by atoms with E-state index in [1.165, 1.54) is 0 Å². The SMILES string of the molecule is [CH2]c1c(F)c(F)c([S+](C)[O-])c(F)c1F. The van der Waals surface area contributed by atoms with E-state index in [0.29, 0.717) is 0 Å². The average molecular weight is 225 g/mol. The van der Waals surface area contributed by atoms with Gasteiger partial charge in [-0.15, -0.1) is 0 Å². The Bertz CT molecular complexity index is 349. The topological polar surface area (TPSA) is 23.1 Å². The molecular formula is C8H5F4OS. The minimum atomic E-state index is -2.14. The van der Waals surface area contributed by atoms with Crippen LogP contribution in [0.5, 0.6) is 0 Å². The molecule has 14 heavy (non-hydrogen) atoms. The van der Waals surface area contributed by atoms with Crippen molar-refractivity contribution >= 4 is 11.2 Å². The molecule has 6 heteroatoms. The third-order valence-electron chi connectivity index (χ3n) is 1.60. The van der Waals surface area contributed by atoms with Crippen molar-refractivity contribution in [1.29, 1.82) is 0 Å². The summed E-state index contributed by atoms with van der Waals surface area (Å²) in [6.07, 6.45) is 0.920. The number of halogens is 4. The third-order valence-corrected chi connectivity index (χ3v) is 2.53. The molecule has 0 saturated carbocycles. The summed E-state index contributed by atoms with van der Waals surface area (Å²) in [6.45, 7) is 2.81. The first-order valence-electron chi connectivity index (χ1n) is 3.39. The Hall–Kier alpha value is -0.750. The van der Waals surface area contributed by atoms with Crippen LogP contribution in [0.25, 0.3) is 0 Å². The minimum absolute atomic E-state index is 0.920. The maximum Gasteiger partial charge on any atom is 0.229 e. The summed E-state index contributed by atoms with van der Waals surface area (Å²) in [5.41, 5.74) is -1.01. The van der Waals surface area contributed by atoms with E-state index in [1.54, 1.807) is 0 Å². The van der Waals surface area contributed by atoms with Crippen LogP contribution in [0.15, 0.2) is 4.90 Å². The molecule has 0 aliphatic carbocycles. The van der Waals surface area contributed by atoms with Gasteiger partial charge < -0.3 is 4.55 Å². The van der Waals surface area contributed by atoms with Gasteiger partial charge >= 0.3 is 0 Å². The molecule has 1 radical (unpaired) electrons. The van der Waals surface area contributed by atoms with Crippen LogP contribution in [-0.4, -0.2) is 10.8 Å². The average Bonchev–Trinajstić information content (AvgIpc) is 2.11. The zero-order valence-electron chi connectivity index (χ0n) is 7.04. The van der Waals surface area contributed by atoms with Crippen molar-refractivity contribution in [2.75, 3.05) is 6.26 Å². The molecule has 0 heterocycles. The van der Waals surface area contributed by atoms with Gasteiger partial charge in [0.2, 0.25) is 16.5 Å². The summed E-state index contributed by atoms with van der Waals surface area (Å²) in [5, 5.41) is 0. The summed E-state index contributed by atoms with van der Waals surface area (Å²) in [4.78, 5) is -1.10. The molecule has 0 aliphatic heterocycles. The van der Waals surface area contributed by atoms with E-state index in [2.05, 4.69) is 6.92 Å². The molecule has 0 saturated heterocycles. The van der Waals surface area contributed by atoms with E-state index in [9.17, 15) is 22.1 Å². The van der Waals surface area contributed by atoms with Gasteiger partial charge in [0.1, 0.15) is 6.26 Å². The van der Waals surface area contributed by atoms with Gasteiger partial charge in [-0.3, -0.25) is 0 Å². The summed E-state index contributed by atoms with van der Waals surface area (Å²) in [6, 6.07) is 0. The fraction of sp³-hybridized carbons (Fsp3) is 0.125. The molecule has 1 unspecified atom stereocenters. The summed E-state index contributed by atoms with van der Waals surface area (Å²) < 4.78 is 62.3. The Morgan fingerprint density at radius 1 is 1.00 bits per heavy atom. The van der Waals surface area contributed by atoms with Crippen molar-refractivity contribution in [1.82, 2.24) is 0 Å². The first-order chi connectivity index (χ1) is 6.37. The Morgan fingerprint density at radius 3 is 1.64 bits per heavy atom. The van der Waals surface area contributed by atoms with Gasteiger partial charge in [-0.2, -0.15) is 8.78 Å². The number of hydrogen-bond donors (Lipinski definition) is 0. The van der Waals surface area contributed by atoms with Gasteiger partial charge in [-0.1, -0.05) is 0 Å². The Kier molecular flexibility index (Phi) is 3.06. The molecule has 77 valence electrons. The van der Waals surface area contributed by atoms with Crippen LogP contribution in [0.1, 0.15) is 5.56 Å². The highest BCUT2D eigenvalue weighted by molar-refractivity contribution is 7.90. The lowest BCUT2D eigenvalue weighted by atomic mass is 10.2. The lowest BCUT2D eigenvalue weighted by Gasteiger charge is -2.09. The molecule has 0 spiro atoms. The van der Waals surface area contributed by atoms with Crippen molar-refractivity contribution in [2.24, 2.45) is 0 Å². The van der Waals surface area contributed by atoms with Gasteiger partial charge in [0.15, 0.2) is 11.6 Å². The second kappa shape index (κ2) is 3.78. The van der Waals surface area contributed by atoms with E-state index < -0.39 is 44.9 Å². The quantitative estimate of drug-likeness (QED) is 0.408. The van der Waals surface area contributed by atoms with E-state index in [1.807, 2.05) is 0 Å². The van der Waals surface area contributed by atoms with Crippen molar-refractivity contribution in [3.05, 3.63) is 35.8 Å². The van der Waals surface area contributed by atoms with E-state index >= 15 is 0 Å². The van der Waals surface area contributed by atoms with Crippen LogP contribution >= 0.6 is 0 Å². The van der Waals surface area contributed by atoms with Crippen LogP contribution in [0.3, 0.4) is 0 Å². The molecule has 0 amide bonds. The zero-order chi connectivity index (χ0) is 11.0. The first kappa shape index (κ1) is 11.3. The molecule has 1 aromatic rings. The second-order valence-corrected chi connectivity index (χ2v) is 3.83. The lowest BCUT2D eigenvalue weighted by molar-refractivity contribution is 0.416. The smallest absolute Gasteiger partial charge is 0.229 e. The molecule has 0 bridgehead atoms. The van der Waals surface area contributed by atoms with Crippen LogP contribution < -0.4 is 0 Å².